The first-order valence-corrected chi connectivity index (χ1v) is 6.76. The Morgan fingerprint density at radius 3 is 1.91 bits per heavy atom. The summed E-state index contributed by atoms with van der Waals surface area (Å²) >= 11 is 2.58. The van der Waals surface area contributed by atoms with Gasteiger partial charge in [-0.1, -0.05) is 0 Å². The van der Waals surface area contributed by atoms with Crippen molar-refractivity contribution in [1.29, 1.82) is 0 Å². The number of phenols is 1. The number of hydrogen-bond acceptors (Lipinski definition) is 1. The van der Waals surface area contributed by atoms with Crippen molar-refractivity contribution < 1.29 is 35.8 Å². The summed E-state index contributed by atoms with van der Waals surface area (Å²) in [6, 6.07) is 0.536. The molecule has 0 aliphatic heterocycles. The molecule has 0 aliphatic carbocycles. The van der Waals surface area contributed by atoms with Gasteiger partial charge >= 0.3 is 12.4 Å². The van der Waals surface area contributed by atoms with Crippen molar-refractivity contribution in [3.8, 4) is 5.75 Å². The minimum Gasteiger partial charge on any atom is -0.505 e. The van der Waals surface area contributed by atoms with Crippen molar-refractivity contribution >= 4 is 15.9 Å². The second kappa shape index (κ2) is 5.58. The fourth-order valence-corrected chi connectivity index (χ4v) is 2.55. The lowest BCUT2D eigenvalue weighted by atomic mass is 9.81. The van der Waals surface area contributed by atoms with Crippen LogP contribution in [0.25, 0.3) is 0 Å². The fourth-order valence-electron chi connectivity index (χ4n) is 1.75. The minimum absolute atomic E-state index is 0.536. The molecule has 0 saturated carbocycles. The highest BCUT2D eigenvalue weighted by Crippen LogP contribution is 2.48. The third-order valence-electron chi connectivity index (χ3n) is 3.55. The molecular weight excluding hydrogens is 385 g/mol. The Kier molecular flexibility index (Phi) is 4.83. The zero-order valence-corrected chi connectivity index (χ0v) is 13.2. The van der Waals surface area contributed by atoms with E-state index < -0.39 is 50.9 Å². The predicted molar refractivity (Wildman–Crippen MR) is 69.3 cm³/mol. The SMILES string of the molecule is CC(c1cc(C(C)(C)C(F)(F)F)c(Br)c(F)c1O)C(F)(F)F. The van der Waals surface area contributed by atoms with E-state index in [0.717, 1.165) is 0 Å². The number of aromatic hydroxyl groups is 1. The summed E-state index contributed by atoms with van der Waals surface area (Å²) in [6.45, 7) is 2.06. The van der Waals surface area contributed by atoms with Crippen LogP contribution in [0, 0.1) is 5.82 Å². The van der Waals surface area contributed by atoms with Crippen molar-refractivity contribution in [2.75, 3.05) is 0 Å². The molecule has 0 aromatic heterocycles. The summed E-state index contributed by atoms with van der Waals surface area (Å²) in [4.78, 5) is 0. The molecule has 0 fully saturated rings. The molecule has 0 amide bonds. The van der Waals surface area contributed by atoms with Crippen LogP contribution in [0.2, 0.25) is 0 Å². The van der Waals surface area contributed by atoms with Crippen molar-refractivity contribution in [2.45, 2.75) is 44.5 Å². The first-order chi connectivity index (χ1) is 9.62. The van der Waals surface area contributed by atoms with Gasteiger partial charge < -0.3 is 5.11 Å². The molecule has 1 rings (SSSR count). The molecule has 0 bridgehead atoms. The number of halogens is 8. The Labute approximate surface area is 130 Å². The highest BCUT2D eigenvalue weighted by atomic mass is 79.9. The lowest BCUT2D eigenvalue weighted by Crippen LogP contribution is -2.37. The second-order valence-electron chi connectivity index (χ2n) is 5.38. The number of benzene rings is 1. The third kappa shape index (κ3) is 3.18. The summed E-state index contributed by atoms with van der Waals surface area (Å²) in [7, 11) is 0. The van der Waals surface area contributed by atoms with E-state index in [2.05, 4.69) is 15.9 Å². The summed E-state index contributed by atoms with van der Waals surface area (Å²) in [5.74, 6) is -5.20. The van der Waals surface area contributed by atoms with Crippen LogP contribution in [-0.2, 0) is 5.41 Å². The van der Waals surface area contributed by atoms with E-state index in [1.54, 1.807) is 0 Å². The van der Waals surface area contributed by atoms with Crippen molar-refractivity contribution in [2.24, 2.45) is 0 Å². The van der Waals surface area contributed by atoms with Gasteiger partial charge in [0, 0.05) is 5.56 Å². The van der Waals surface area contributed by atoms with Crippen LogP contribution < -0.4 is 0 Å². The molecule has 9 heteroatoms. The number of hydrogen-bond donors (Lipinski definition) is 1. The van der Waals surface area contributed by atoms with E-state index in [1.165, 1.54) is 0 Å². The van der Waals surface area contributed by atoms with Gasteiger partial charge in [0.05, 0.1) is 15.8 Å². The zero-order chi connectivity index (χ0) is 17.7. The standard InChI is InChI=1S/C13H12BrF7O/c1-5(12(16,17)18)6-4-7(8(14)9(15)10(6)22)11(2,3)13(19,20)21/h4-5,22H,1-3H3. The maximum Gasteiger partial charge on any atom is 0.397 e. The maximum absolute atomic E-state index is 13.9. The van der Waals surface area contributed by atoms with Gasteiger partial charge in [0.1, 0.15) is 0 Å². The van der Waals surface area contributed by atoms with E-state index >= 15 is 0 Å². The van der Waals surface area contributed by atoms with E-state index in [0.29, 0.717) is 26.8 Å². The molecule has 0 saturated heterocycles. The quantitative estimate of drug-likeness (QED) is 0.626. The molecule has 1 nitrogen and oxygen atoms in total. The monoisotopic (exact) mass is 396 g/mol. The van der Waals surface area contributed by atoms with E-state index in [9.17, 15) is 35.8 Å². The Morgan fingerprint density at radius 2 is 1.55 bits per heavy atom. The molecule has 1 aromatic carbocycles. The van der Waals surface area contributed by atoms with Crippen LogP contribution in [0.1, 0.15) is 37.8 Å². The molecule has 0 heterocycles. The van der Waals surface area contributed by atoms with Gasteiger partial charge in [-0.15, -0.1) is 0 Å². The molecule has 0 aliphatic rings. The van der Waals surface area contributed by atoms with Gasteiger partial charge in [0.2, 0.25) is 0 Å². The molecule has 1 aromatic rings. The summed E-state index contributed by atoms with van der Waals surface area (Å²) in [6.07, 6.45) is -9.66. The molecule has 0 radical (unpaired) electrons. The molecule has 1 atom stereocenters. The van der Waals surface area contributed by atoms with Crippen molar-refractivity contribution in [3.05, 3.63) is 27.5 Å². The summed E-state index contributed by atoms with van der Waals surface area (Å²) < 4.78 is 90.6. The average molecular weight is 397 g/mol. The Balaban J connectivity index is 3.67. The average Bonchev–Trinajstić information content (AvgIpc) is 2.32. The Morgan fingerprint density at radius 1 is 1.09 bits per heavy atom. The predicted octanol–water partition coefficient (Wildman–Crippen LogP) is 5.80. The van der Waals surface area contributed by atoms with Crippen molar-refractivity contribution in [1.82, 2.24) is 0 Å². The molecular formula is C13H12BrF7O. The van der Waals surface area contributed by atoms with E-state index in [4.69, 9.17) is 0 Å². The van der Waals surface area contributed by atoms with Crippen LogP contribution in [0.3, 0.4) is 0 Å². The van der Waals surface area contributed by atoms with Crippen LogP contribution in [0.4, 0.5) is 30.7 Å². The topological polar surface area (TPSA) is 20.2 Å². The lowest BCUT2D eigenvalue weighted by Gasteiger charge is -2.31. The Bertz CT molecular complexity index is 575. The highest BCUT2D eigenvalue weighted by Gasteiger charge is 2.51. The molecule has 22 heavy (non-hydrogen) atoms. The summed E-state index contributed by atoms with van der Waals surface area (Å²) in [5.41, 5.74) is -4.28. The maximum atomic E-state index is 13.9. The second-order valence-corrected chi connectivity index (χ2v) is 6.17. The van der Waals surface area contributed by atoms with Crippen LogP contribution in [0.5, 0.6) is 5.75 Å². The largest absolute Gasteiger partial charge is 0.505 e. The van der Waals surface area contributed by atoms with Gasteiger partial charge in [-0.2, -0.15) is 26.3 Å². The normalized spacial score (nSPS) is 15.0. The van der Waals surface area contributed by atoms with E-state index in [1.807, 2.05) is 0 Å². The van der Waals surface area contributed by atoms with Gasteiger partial charge in [0.15, 0.2) is 11.6 Å². The first kappa shape index (κ1) is 19.1. The first-order valence-electron chi connectivity index (χ1n) is 5.97. The smallest absolute Gasteiger partial charge is 0.397 e. The fraction of sp³-hybridized carbons (Fsp3) is 0.538. The van der Waals surface area contributed by atoms with Crippen LogP contribution >= 0.6 is 15.9 Å². The molecule has 1 unspecified atom stereocenters. The molecule has 0 spiro atoms. The van der Waals surface area contributed by atoms with Crippen LogP contribution in [0.15, 0.2) is 10.5 Å². The van der Waals surface area contributed by atoms with E-state index in [-0.39, 0.29) is 0 Å². The number of alkyl halides is 6. The number of phenolic OH excluding ortho intramolecular Hbond substituents is 1. The van der Waals surface area contributed by atoms with Gasteiger partial charge in [-0.3, -0.25) is 0 Å². The van der Waals surface area contributed by atoms with Crippen molar-refractivity contribution in [3.63, 3.8) is 0 Å². The molecule has 1 N–H and O–H groups in total. The zero-order valence-electron chi connectivity index (χ0n) is 11.6. The Hall–Kier alpha value is -0.990. The number of rotatable bonds is 2. The van der Waals surface area contributed by atoms with Gasteiger partial charge in [-0.25, -0.2) is 4.39 Å². The summed E-state index contributed by atoms with van der Waals surface area (Å²) in [5, 5.41) is 9.52. The van der Waals surface area contributed by atoms with Gasteiger partial charge in [-0.05, 0) is 48.3 Å². The molecule has 126 valence electrons. The highest BCUT2D eigenvalue weighted by molar-refractivity contribution is 9.10. The minimum atomic E-state index is -4.84. The third-order valence-corrected chi connectivity index (χ3v) is 4.33. The van der Waals surface area contributed by atoms with Crippen LogP contribution in [-0.4, -0.2) is 17.5 Å². The van der Waals surface area contributed by atoms with Gasteiger partial charge in [0.25, 0.3) is 0 Å². The lowest BCUT2D eigenvalue weighted by molar-refractivity contribution is -0.180.